The van der Waals surface area contributed by atoms with Gasteiger partial charge in [-0.1, -0.05) is 0 Å². The Hall–Kier alpha value is -1.63. The van der Waals surface area contributed by atoms with Crippen molar-refractivity contribution in [3.63, 3.8) is 0 Å². The summed E-state index contributed by atoms with van der Waals surface area (Å²) in [6.45, 7) is 2.40. The molecular weight excluding hydrogens is 244 g/mol. The highest BCUT2D eigenvalue weighted by molar-refractivity contribution is 7.80. The minimum Gasteiger partial charge on any atom is -0.466 e. The Morgan fingerprint density at radius 3 is 2.76 bits per heavy atom. The van der Waals surface area contributed by atoms with Crippen molar-refractivity contribution in [2.75, 3.05) is 33.4 Å². The van der Waals surface area contributed by atoms with Crippen molar-refractivity contribution >= 4 is 29.3 Å². The number of esters is 2. The van der Waals surface area contributed by atoms with Crippen LogP contribution in [0.3, 0.4) is 0 Å². The van der Waals surface area contributed by atoms with Crippen LogP contribution < -0.4 is 5.32 Å². The van der Waals surface area contributed by atoms with E-state index >= 15 is 0 Å². The number of rotatable bonds is 5. The quantitative estimate of drug-likeness (QED) is 0.403. The maximum absolute atomic E-state index is 11.1. The molecule has 1 fully saturated rings. The van der Waals surface area contributed by atoms with Gasteiger partial charge in [-0.15, -0.1) is 0 Å². The highest BCUT2D eigenvalue weighted by Crippen LogP contribution is 1.96. The van der Waals surface area contributed by atoms with Gasteiger partial charge in [0.25, 0.3) is 0 Å². The van der Waals surface area contributed by atoms with Crippen LogP contribution in [0.1, 0.15) is 0 Å². The second-order valence-electron chi connectivity index (χ2n) is 3.24. The molecule has 0 amide bonds. The van der Waals surface area contributed by atoms with Crippen LogP contribution in [0.5, 0.6) is 0 Å². The van der Waals surface area contributed by atoms with E-state index < -0.39 is 11.9 Å². The fraction of sp³-hybridized carbons (Fsp3) is 0.500. The van der Waals surface area contributed by atoms with Gasteiger partial charge < -0.3 is 19.7 Å². The summed E-state index contributed by atoms with van der Waals surface area (Å²) in [5.41, 5.74) is 0. The molecule has 1 heterocycles. The molecule has 1 aliphatic heterocycles. The normalized spacial score (nSPS) is 14.9. The monoisotopic (exact) mass is 258 g/mol. The first-order valence-corrected chi connectivity index (χ1v) is 5.50. The fourth-order valence-corrected chi connectivity index (χ4v) is 1.52. The Morgan fingerprint density at radius 2 is 2.18 bits per heavy atom. The lowest BCUT2D eigenvalue weighted by Crippen LogP contribution is -2.31. The second kappa shape index (κ2) is 6.85. The molecule has 0 saturated carbocycles. The first-order chi connectivity index (χ1) is 8.13. The molecule has 0 radical (unpaired) electrons. The van der Waals surface area contributed by atoms with E-state index in [-0.39, 0.29) is 6.61 Å². The van der Waals surface area contributed by atoms with Crippen LogP contribution in [-0.2, 0) is 19.1 Å². The third-order valence-corrected chi connectivity index (χ3v) is 2.51. The zero-order valence-electron chi connectivity index (χ0n) is 9.47. The average Bonchev–Trinajstić information content (AvgIpc) is 2.72. The van der Waals surface area contributed by atoms with Crippen LogP contribution >= 0.6 is 12.2 Å². The van der Waals surface area contributed by atoms with Gasteiger partial charge in [-0.25, -0.2) is 9.59 Å². The smallest absolute Gasteiger partial charge is 0.331 e. The predicted molar refractivity (Wildman–Crippen MR) is 64.3 cm³/mol. The summed E-state index contributed by atoms with van der Waals surface area (Å²) in [6, 6.07) is 0. The highest BCUT2D eigenvalue weighted by atomic mass is 32.1. The molecule has 1 N–H and O–H groups in total. The van der Waals surface area contributed by atoms with Crippen LogP contribution in [0.15, 0.2) is 12.2 Å². The molecule has 0 aromatic heterocycles. The number of carbonyl (C=O) groups excluding carboxylic acids is 2. The van der Waals surface area contributed by atoms with Crippen LogP contribution in [-0.4, -0.2) is 55.3 Å². The number of hydrogen-bond acceptors (Lipinski definition) is 5. The van der Waals surface area contributed by atoms with Gasteiger partial charge in [-0.3, -0.25) is 0 Å². The number of thiocarbonyl (C=S) groups is 1. The lowest BCUT2D eigenvalue weighted by molar-refractivity contribution is -0.139. The Kier molecular flexibility index (Phi) is 5.41. The van der Waals surface area contributed by atoms with Crippen LogP contribution in [0.4, 0.5) is 0 Å². The van der Waals surface area contributed by atoms with Crippen molar-refractivity contribution in [2.45, 2.75) is 0 Å². The van der Waals surface area contributed by atoms with Crippen LogP contribution in [0, 0.1) is 0 Å². The predicted octanol–water partition coefficient (Wildman–Crippen LogP) is -0.551. The van der Waals surface area contributed by atoms with Crippen molar-refractivity contribution in [3.05, 3.63) is 12.2 Å². The summed E-state index contributed by atoms with van der Waals surface area (Å²) in [7, 11) is 1.24. The van der Waals surface area contributed by atoms with E-state index in [9.17, 15) is 9.59 Å². The van der Waals surface area contributed by atoms with Gasteiger partial charge in [0.2, 0.25) is 0 Å². The van der Waals surface area contributed by atoms with Crippen molar-refractivity contribution in [2.24, 2.45) is 0 Å². The number of nitrogens with one attached hydrogen (secondary N) is 1. The van der Waals surface area contributed by atoms with Gasteiger partial charge in [0.15, 0.2) is 5.11 Å². The highest BCUT2D eigenvalue weighted by Gasteiger charge is 2.15. The van der Waals surface area contributed by atoms with Crippen molar-refractivity contribution < 1.29 is 19.1 Å². The standard InChI is InChI=1S/C10H14N2O4S/c1-15-8(13)2-3-9(14)16-7-6-12-5-4-11-10(12)17/h2-3H,4-7H2,1H3,(H,11,17). The Balaban J connectivity index is 2.18. The summed E-state index contributed by atoms with van der Waals surface area (Å²) >= 11 is 5.02. The lowest BCUT2D eigenvalue weighted by Gasteiger charge is -2.15. The Morgan fingerprint density at radius 1 is 1.47 bits per heavy atom. The molecule has 7 heteroatoms. The van der Waals surface area contributed by atoms with E-state index in [1.165, 1.54) is 7.11 Å². The number of hydrogen-bond donors (Lipinski definition) is 1. The zero-order valence-corrected chi connectivity index (χ0v) is 10.3. The van der Waals surface area contributed by atoms with Gasteiger partial charge in [0, 0.05) is 25.2 Å². The molecule has 1 saturated heterocycles. The SMILES string of the molecule is COC(=O)C=CC(=O)OCCN1CCNC1=S. The molecule has 0 spiro atoms. The van der Waals surface area contributed by atoms with Crippen LogP contribution in [0.25, 0.3) is 0 Å². The minimum absolute atomic E-state index is 0.228. The van der Waals surface area contributed by atoms with E-state index in [4.69, 9.17) is 17.0 Å². The van der Waals surface area contributed by atoms with E-state index in [0.717, 1.165) is 25.2 Å². The Labute approximate surface area is 105 Å². The average molecular weight is 258 g/mol. The zero-order chi connectivity index (χ0) is 12.7. The number of ether oxygens (including phenoxy) is 2. The summed E-state index contributed by atoms with van der Waals surface area (Å²) in [6.07, 6.45) is 2.05. The summed E-state index contributed by atoms with van der Waals surface area (Å²) in [4.78, 5) is 23.7. The third kappa shape index (κ3) is 4.81. The first kappa shape index (κ1) is 13.4. The molecule has 1 aliphatic rings. The molecule has 1 rings (SSSR count). The van der Waals surface area contributed by atoms with Crippen LogP contribution in [0.2, 0.25) is 0 Å². The molecule has 0 unspecified atom stereocenters. The second-order valence-corrected chi connectivity index (χ2v) is 3.63. The van der Waals surface area contributed by atoms with E-state index in [0.29, 0.717) is 11.7 Å². The molecule has 17 heavy (non-hydrogen) atoms. The maximum atomic E-state index is 11.1. The summed E-state index contributed by atoms with van der Waals surface area (Å²) < 4.78 is 9.22. The van der Waals surface area contributed by atoms with E-state index in [1.807, 2.05) is 4.90 Å². The lowest BCUT2D eigenvalue weighted by atomic mass is 10.5. The molecular formula is C10H14N2O4S. The Bertz CT molecular complexity index is 343. The largest absolute Gasteiger partial charge is 0.466 e. The van der Waals surface area contributed by atoms with Crippen molar-refractivity contribution in [1.29, 1.82) is 0 Å². The van der Waals surface area contributed by atoms with Gasteiger partial charge in [0.05, 0.1) is 13.7 Å². The van der Waals surface area contributed by atoms with Gasteiger partial charge in [0.1, 0.15) is 6.61 Å². The van der Waals surface area contributed by atoms with Gasteiger partial charge in [-0.05, 0) is 12.2 Å². The summed E-state index contributed by atoms with van der Waals surface area (Å²) in [5.74, 6) is -1.17. The topological polar surface area (TPSA) is 67.9 Å². The number of carbonyl (C=O) groups is 2. The number of methoxy groups -OCH3 is 1. The van der Waals surface area contributed by atoms with E-state index in [2.05, 4.69) is 10.1 Å². The van der Waals surface area contributed by atoms with E-state index in [1.54, 1.807) is 0 Å². The summed E-state index contributed by atoms with van der Waals surface area (Å²) in [5, 5.41) is 3.67. The first-order valence-electron chi connectivity index (χ1n) is 5.09. The fourth-order valence-electron chi connectivity index (χ4n) is 1.23. The third-order valence-electron chi connectivity index (χ3n) is 2.11. The molecule has 0 atom stereocenters. The van der Waals surface area contributed by atoms with Gasteiger partial charge in [-0.2, -0.15) is 0 Å². The minimum atomic E-state index is -0.591. The molecule has 0 aromatic carbocycles. The molecule has 0 aromatic rings. The van der Waals surface area contributed by atoms with Crippen molar-refractivity contribution in [3.8, 4) is 0 Å². The number of nitrogens with zero attached hydrogens (tertiary/aromatic N) is 1. The van der Waals surface area contributed by atoms with Gasteiger partial charge >= 0.3 is 11.9 Å². The van der Waals surface area contributed by atoms with Crippen molar-refractivity contribution in [1.82, 2.24) is 10.2 Å². The molecule has 94 valence electrons. The molecule has 6 nitrogen and oxygen atoms in total. The maximum Gasteiger partial charge on any atom is 0.331 e. The molecule has 0 aliphatic carbocycles. The molecule has 0 bridgehead atoms.